The molecule has 1 aromatic heterocycles. The van der Waals surface area contributed by atoms with E-state index in [2.05, 4.69) is 10.3 Å². The highest BCUT2D eigenvalue weighted by Gasteiger charge is 2.32. The molecule has 0 aromatic carbocycles. The Hall–Kier alpha value is -1.60. The van der Waals surface area contributed by atoms with Crippen molar-refractivity contribution in [2.45, 2.75) is 19.5 Å². The van der Waals surface area contributed by atoms with Crippen LogP contribution in [-0.4, -0.2) is 31.5 Å². The van der Waals surface area contributed by atoms with Gasteiger partial charge in [0, 0.05) is 13.6 Å². The quantitative estimate of drug-likeness (QED) is 0.841. The molecule has 0 saturated carbocycles. The van der Waals surface area contributed by atoms with Crippen molar-refractivity contribution in [1.82, 2.24) is 4.98 Å². The van der Waals surface area contributed by atoms with Gasteiger partial charge in [-0.25, -0.2) is 13.8 Å². The molecule has 0 fully saturated rings. The minimum atomic E-state index is -4.55. The maximum Gasteiger partial charge on any atom is 0.416 e. The van der Waals surface area contributed by atoms with Gasteiger partial charge in [0.25, 0.3) is 6.43 Å². The first-order valence-electron chi connectivity index (χ1n) is 5.56. The summed E-state index contributed by atoms with van der Waals surface area (Å²) >= 11 is 0. The molecule has 0 aliphatic carbocycles. The largest absolute Gasteiger partial charge is 0.416 e. The van der Waals surface area contributed by atoms with Gasteiger partial charge in [-0.1, -0.05) is 0 Å². The molecule has 1 rings (SSSR count). The number of alkyl halides is 5. The van der Waals surface area contributed by atoms with Gasteiger partial charge < -0.3 is 10.2 Å². The van der Waals surface area contributed by atoms with Crippen LogP contribution in [0, 0.1) is 0 Å². The highest BCUT2D eigenvalue weighted by atomic mass is 19.4. The van der Waals surface area contributed by atoms with Crippen molar-refractivity contribution in [3.8, 4) is 0 Å². The fourth-order valence-electron chi connectivity index (χ4n) is 1.45. The normalized spacial score (nSPS) is 11.8. The van der Waals surface area contributed by atoms with E-state index in [1.54, 1.807) is 6.92 Å². The average molecular weight is 283 g/mol. The lowest BCUT2D eigenvalue weighted by Gasteiger charge is -2.20. The lowest BCUT2D eigenvalue weighted by atomic mass is 10.2. The topological polar surface area (TPSA) is 28.2 Å². The first-order valence-corrected chi connectivity index (χ1v) is 5.56. The summed E-state index contributed by atoms with van der Waals surface area (Å²) in [5.74, 6) is -0.139. The smallest absolute Gasteiger partial charge is 0.370 e. The van der Waals surface area contributed by atoms with Crippen molar-refractivity contribution in [3.63, 3.8) is 0 Å². The molecule has 108 valence electrons. The molecule has 8 heteroatoms. The van der Waals surface area contributed by atoms with Crippen molar-refractivity contribution in [2.75, 3.05) is 30.4 Å². The van der Waals surface area contributed by atoms with E-state index in [1.807, 2.05) is 0 Å². The molecular weight excluding hydrogens is 269 g/mol. The zero-order valence-corrected chi connectivity index (χ0v) is 10.4. The molecule has 0 atom stereocenters. The molecule has 1 heterocycles. The average Bonchev–Trinajstić information content (AvgIpc) is 2.27. The standard InChI is InChI=1S/C11H14F5N3/c1-3-17-9-4-7(11(14,15)16)5-10(18-9)19(2)6-8(12)13/h4-5,8H,3,6H2,1-2H3,(H,17,18). The summed E-state index contributed by atoms with van der Waals surface area (Å²) in [7, 11) is 1.27. The van der Waals surface area contributed by atoms with E-state index in [0.717, 1.165) is 17.0 Å². The maximum atomic E-state index is 12.7. The molecule has 0 aliphatic heterocycles. The summed E-state index contributed by atoms with van der Waals surface area (Å²) in [5.41, 5.74) is -0.922. The zero-order chi connectivity index (χ0) is 14.6. The van der Waals surface area contributed by atoms with Crippen LogP contribution in [0.1, 0.15) is 12.5 Å². The van der Waals surface area contributed by atoms with Crippen LogP contribution in [0.2, 0.25) is 0 Å². The summed E-state index contributed by atoms with van der Waals surface area (Å²) in [5, 5.41) is 2.64. The Morgan fingerprint density at radius 2 is 1.95 bits per heavy atom. The van der Waals surface area contributed by atoms with E-state index < -0.39 is 24.7 Å². The maximum absolute atomic E-state index is 12.7. The Balaban J connectivity index is 3.12. The molecule has 19 heavy (non-hydrogen) atoms. The van der Waals surface area contributed by atoms with Crippen molar-refractivity contribution >= 4 is 11.6 Å². The Morgan fingerprint density at radius 1 is 1.32 bits per heavy atom. The molecular formula is C11H14F5N3. The summed E-state index contributed by atoms with van der Waals surface area (Å²) < 4.78 is 62.6. The Bertz CT molecular complexity index is 419. The van der Waals surface area contributed by atoms with Crippen molar-refractivity contribution in [1.29, 1.82) is 0 Å². The van der Waals surface area contributed by atoms with Gasteiger partial charge >= 0.3 is 6.18 Å². The van der Waals surface area contributed by atoms with E-state index in [-0.39, 0.29) is 11.6 Å². The molecule has 0 spiro atoms. The van der Waals surface area contributed by atoms with Crippen LogP contribution in [-0.2, 0) is 6.18 Å². The lowest BCUT2D eigenvalue weighted by molar-refractivity contribution is -0.137. The summed E-state index contributed by atoms with van der Waals surface area (Å²) in [6.07, 6.45) is -7.20. The first-order chi connectivity index (χ1) is 8.74. The van der Waals surface area contributed by atoms with Gasteiger partial charge in [-0.05, 0) is 19.1 Å². The van der Waals surface area contributed by atoms with E-state index in [1.165, 1.54) is 7.05 Å². The number of nitrogens with one attached hydrogen (secondary N) is 1. The SMILES string of the molecule is CCNc1cc(C(F)(F)F)cc(N(C)CC(F)F)n1. The van der Waals surface area contributed by atoms with Gasteiger partial charge in [-0.3, -0.25) is 0 Å². The minimum absolute atomic E-state index is 0.00782. The third-order valence-electron chi connectivity index (χ3n) is 2.30. The van der Waals surface area contributed by atoms with Gasteiger partial charge in [0.05, 0.1) is 12.1 Å². The Morgan fingerprint density at radius 3 is 2.42 bits per heavy atom. The Kier molecular flexibility index (Phi) is 4.90. The third kappa shape index (κ3) is 4.53. The fraction of sp³-hybridized carbons (Fsp3) is 0.545. The Labute approximate surface area is 107 Å². The summed E-state index contributed by atoms with van der Waals surface area (Å²) in [6.45, 7) is 1.40. The summed E-state index contributed by atoms with van der Waals surface area (Å²) in [6, 6.07) is 1.60. The molecule has 0 amide bonds. The number of nitrogens with zero attached hydrogens (tertiary/aromatic N) is 2. The summed E-state index contributed by atoms with van der Waals surface area (Å²) in [4.78, 5) is 4.86. The molecule has 0 saturated heterocycles. The van der Waals surface area contributed by atoms with Crippen LogP contribution >= 0.6 is 0 Å². The number of anilines is 2. The highest BCUT2D eigenvalue weighted by Crippen LogP contribution is 2.32. The molecule has 0 bridgehead atoms. The van der Waals surface area contributed by atoms with Gasteiger partial charge in [0.15, 0.2) is 0 Å². The van der Waals surface area contributed by atoms with Gasteiger partial charge in [0.2, 0.25) is 0 Å². The number of aromatic nitrogens is 1. The van der Waals surface area contributed by atoms with E-state index >= 15 is 0 Å². The predicted octanol–water partition coefficient (Wildman–Crippen LogP) is 3.23. The van der Waals surface area contributed by atoms with Gasteiger partial charge in [-0.15, -0.1) is 0 Å². The second kappa shape index (κ2) is 6.03. The zero-order valence-electron chi connectivity index (χ0n) is 10.4. The third-order valence-corrected chi connectivity index (χ3v) is 2.30. The van der Waals surface area contributed by atoms with E-state index in [4.69, 9.17) is 0 Å². The number of hydrogen-bond donors (Lipinski definition) is 1. The van der Waals surface area contributed by atoms with Crippen molar-refractivity contribution in [3.05, 3.63) is 17.7 Å². The lowest BCUT2D eigenvalue weighted by Crippen LogP contribution is -2.25. The van der Waals surface area contributed by atoms with E-state index in [0.29, 0.717) is 6.54 Å². The highest BCUT2D eigenvalue weighted by molar-refractivity contribution is 5.51. The molecule has 0 unspecified atom stereocenters. The molecule has 0 radical (unpaired) electrons. The predicted molar refractivity (Wildman–Crippen MR) is 62.7 cm³/mol. The monoisotopic (exact) mass is 283 g/mol. The molecule has 0 aliphatic rings. The minimum Gasteiger partial charge on any atom is -0.370 e. The number of rotatable bonds is 5. The number of hydrogen-bond acceptors (Lipinski definition) is 3. The van der Waals surface area contributed by atoms with Crippen molar-refractivity contribution in [2.24, 2.45) is 0 Å². The van der Waals surface area contributed by atoms with Crippen molar-refractivity contribution < 1.29 is 22.0 Å². The van der Waals surface area contributed by atoms with Gasteiger partial charge in [-0.2, -0.15) is 13.2 Å². The van der Waals surface area contributed by atoms with E-state index in [9.17, 15) is 22.0 Å². The van der Waals surface area contributed by atoms with Gasteiger partial charge in [0.1, 0.15) is 11.6 Å². The molecule has 1 aromatic rings. The van der Waals surface area contributed by atoms with Crippen LogP contribution in [0.3, 0.4) is 0 Å². The fourth-order valence-corrected chi connectivity index (χ4v) is 1.45. The van der Waals surface area contributed by atoms with Crippen LogP contribution < -0.4 is 10.2 Å². The molecule has 3 nitrogen and oxygen atoms in total. The van der Waals surface area contributed by atoms with Crippen LogP contribution in [0.5, 0.6) is 0 Å². The second-order valence-corrected chi connectivity index (χ2v) is 3.90. The molecule has 1 N–H and O–H groups in total. The van der Waals surface area contributed by atoms with Crippen LogP contribution in [0.4, 0.5) is 33.6 Å². The van der Waals surface area contributed by atoms with Crippen LogP contribution in [0.15, 0.2) is 12.1 Å². The number of pyridine rings is 1. The number of halogens is 5. The first kappa shape index (κ1) is 15.5. The second-order valence-electron chi connectivity index (χ2n) is 3.90. The van der Waals surface area contributed by atoms with Crippen LogP contribution in [0.25, 0.3) is 0 Å².